The molecule has 1 N–H and O–H groups in total. The van der Waals surface area contributed by atoms with Crippen molar-refractivity contribution in [2.75, 3.05) is 20.8 Å². The first kappa shape index (κ1) is 9.46. The highest BCUT2D eigenvalue weighted by molar-refractivity contribution is 4.84. The topological polar surface area (TPSA) is 30.5 Å². The highest BCUT2D eigenvalue weighted by Crippen LogP contribution is 1.89. The second-order valence-corrected chi connectivity index (χ2v) is 2.06. The lowest BCUT2D eigenvalue weighted by Gasteiger charge is -2.14. The van der Waals surface area contributed by atoms with Gasteiger partial charge in [-0.1, -0.05) is 6.58 Å². The molecule has 0 aliphatic rings. The van der Waals surface area contributed by atoms with Gasteiger partial charge >= 0.3 is 0 Å². The lowest BCUT2D eigenvalue weighted by atomic mass is 10.5. The van der Waals surface area contributed by atoms with Gasteiger partial charge in [0.25, 0.3) is 0 Å². The quantitative estimate of drug-likeness (QED) is 0.578. The zero-order valence-corrected chi connectivity index (χ0v) is 6.81. The molecule has 0 heterocycles. The summed E-state index contributed by atoms with van der Waals surface area (Å²) in [4.78, 5) is 0. The van der Waals surface area contributed by atoms with E-state index < -0.39 is 0 Å². The van der Waals surface area contributed by atoms with Crippen molar-refractivity contribution in [3.05, 3.63) is 12.3 Å². The predicted octanol–water partition coefficient (Wildman–Crippen LogP) is 0.728. The molecule has 0 aliphatic carbocycles. The molecule has 0 aromatic heterocycles. The molecule has 0 amide bonds. The number of methoxy groups -OCH3 is 2. The number of ether oxygens (including phenoxy) is 2. The van der Waals surface area contributed by atoms with Crippen molar-refractivity contribution in [1.82, 2.24) is 5.32 Å². The smallest absolute Gasteiger partial charge is 0.173 e. The summed E-state index contributed by atoms with van der Waals surface area (Å²) in [6.07, 6.45) is -0.184. The molecule has 0 saturated carbocycles. The molecule has 0 fully saturated rings. The van der Waals surface area contributed by atoms with E-state index in [1.807, 2.05) is 6.92 Å². The maximum atomic E-state index is 4.92. The van der Waals surface area contributed by atoms with Gasteiger partial charge in [-0.15, -0.1) is 0 Å². The summed E-state index contributed by atoms with van der Waals surface area (Å²) in [7, 11) is 3.21. The summed E-state index contributed by atoms with van der Waals surface area (Å²) in [6, 6.07) is 0. The zero-order valence-electron chi connectivity index (χ0n) is 6.81. The van der Waals surface area contributed by atoms with Crippen LogP contribution in [0, 0.1) is 0 Å². The SMILES string of the molecule is C=C(C)NCC(OC)OC. The lowest BCUT2D eigenvalue weighted by molar-refractivity contribution is -0.0975. The van der Waals surface area contributed by atoms with Gasteiger partial charge in [-0.3, -0.25) is 0 Å². The van der Waals surface area contributed by atoms with Crippen LogP contribution >= 0.6 is 0 Å². The van der Waals surface area contributed by atoms with Crippen LogP contribution in [-0.2, 0) is 9.47 Å². The van der Waals surface area contributed by atoms with E-state index in [0.29, 0.717) is 6.54 Å². The van der Waals surface area contributed by atoms with Crippen LogP contribution in [0.5, 0.6) is 0 Å². The van der Waals surface area contributed by atoms with E-state index in [4.69, 9.17) is 9.47 Å². The fourth-order valence-corrected chi connectivity index (χ4v) is 0.520. The van der Waals surface area contributed by atoms with Crippen molar-refractivity contribution in [2.24, 2.45) is 0 Å². The molecule has 0 saturated heterocycles. The number of nitrogens with one attached hydrogen (secondary N) is 1. The fraction of sp³-hybridized carbons (Fsp3) is 0.714. The van der Waals surface area contributed by atoms with Crippen molar-refractivity contribution in [2.45, 2.75) is 13.2 Å². The first-order chi connectivity index (χ1) is 4.70. The first-order valence-corrected chi connectivity index (χ1v) is 3.15. The van der Waals surface area contributed by atoms with Crippen molar-refractivity contribution >= 4 is 0 Å². The van der Waals surface area contributed by atoms with Crippen molar-refractivity contribution in [1.29, 1.82) is 0 Å². The molecule has 0 aromatic rings. The number of hydrogen-bond donors (Lipinski definition) is 1. The highest BCUT2D eigenvalue weighted by Gasteiger charge is 2.01. The van der Waals surface area contributed by atoms with Crippen LogP contribution in [0.4, 0.5) is 0 Å². The van der Waals surface area contributed by atoms with E-state index in [0.717, 1.165) is 5.70 Å². The third kappa shape index (κ3) is 4.35. The average Bonchev–Trinajstić information content (AvgIpc) is 1.90. The van der Waals surface area contributed by atoms with Crippen LogP contribution in [-0.4, -0.2) is 27.1 Å². The normalized spacial score (nSPS) is 10.0. The monoisotopic (exact) mass is 145 g/mol. The second-order valence-electron chi connectivity index (χ2n) is 2.06. The maximum absolute atomic E-state index is 4.92. The first-order valence-electron chi connectivity index (χ1n) is 3.15. The number of allylic oxidation sites excluding steroid dienone is 1. The second kappa shape index (κ2) is 5.26. The van der Waals surface area contributed by atoms with Gasteiger partial charge in [-0.05, 0) is 6.92 Å². The van der Waals surface area contributed by atoms with Gasteiger partial charge in [-0.25, -0.2) is 0 Å². The molecule has 0 aromatic carbocycles. The van der Waals surface area contributed by atoms with Crippen molar-refractivity contribution in [3.63, 3.8) is 0 Å². The van der Waals surface area contributed by atoms with Gasteiger partial charge in [0, 0.05) is 19.9 Å². The summed E-state index contributed by atoms with van der Waals surface area (Å²) in [6.45, 7) is 6.21. The van der Waals surface area contributed by atoms with Crippen LogP contribution in [0.1, 0.15) is 6.92 Å². The van der Waals surface area contributed by atoms with E-state index in [-0.39, 0.29) is 6.29 Å². The van der Waals surface area contributed by atoms with E-state index in [1.165, 1.54) is 0 Å². The van der Waals surface area contributed by atoms with Crippen LogP contribution in [0.25, 0.3) is 0 Å². The Morgan fingerprint density at radius 3 is 2.30 bits per heavy atom. The highest BCUT2D eigenvalue weighted by atomic mass is 16.7. The third-order valence-electron chi connectivity index (χ3n) is 1.10. The Hall–Kier alpha value is -0.540. The standard InChI is InChI=1S/C7H15NO2/c1-6(2)8-5-7(9-3)10-4/h7-8H,1,5H2,2-4H3. The largest absolute Gasteiger partial charge is 0.384 e. The molecule has 60 valence electrons. The van der Waals surface area contributed by atoms with Crippen LogP contribution in [0.3, 0.4) is 0 Å². The van der Waals surface area contributed by atoms with Crippen LogP contribution in [0.2, 0.25) is 0 Å². The Kier molecular flexibility index (Phi) is 4.98. The molecule has 3 heteroatoms. The minimum absolute atomic E-state index is 0.184. The Balaban J connectivity index is 3.34. The van der Waals surface area contributed by atoms with Gasteiger partial charge in [-0.2, -0.15) is 0 Å². The molecule has 0 spiro atoms. The Bertz CT molecular complexity index is 99.8. The molecule has 10 heavy (non-hydrogen) atoms. The molecule has 3 nitrogen and oxygen atoms in total. The molecule has 0 radical (unpaired) electrons. The molecular weight excluding hydrogens is 130 g/mol. The van der Waals surface area contributed by atoms with Crippen LogP contribution < -0.4 is 5.32 Å². The average molecular weight is 145 g/mol. The summed E-state index contributed by atoms with van der Waals surface area (Å²) in [5.41, 5.74) is 0.916. The van der Waals surface area contributed by atoms with Crippen molar-refractivity contribution in [3.8, 4) is 0 Å². The molecule has 0 rings (SSSR count). The Morgan fingerprint density at radius 1 is 1.50 bits per heavy atom. The molecule has 0 bridgehead atoms. The summed E-state index contributed by atoms with van der Waals surface area (Å²) >= 11 is 0. The predicted molar refractivity (Wildman–Crippen MR) is 40.6 cm³/mol. The molecular formula is C7H15NO2. The van der Waals surface area contributed by atoms with Gasteiger partial charge in [0.2, 0.25) is 0 Å². The summed E-state index contributed by atoms with van der Waals surface area (Å²) < 4.78 is 9.85. The van der Waals surface area contributed by atoms with Gasteiger partial charge in [0.05, 0.1) is 6.54 Å². The number of rotatable bonds is 5. The van der Waals surface area contributed by atoms with Gasteiger partial charge in [0.1, 0.15) is 0 Å². The molecule has 0 atom stereocenters. The van der Waals surface area contributed by atoms with E-state index in [9.17, 15) is 0 Å². The van der Waals surface area contributed by atoms with E-state index in [2.05, 4.69) is 11.9 Å². The molecule has 0 aliphatic heterocycles. The van der Waals surface area contributed by atoms with Gasteiger partial charge in [0.15, 0.2) is 6.29 Å². The minimum atomic E-state index is -0.184. The Morgan fingerprint density at radius 2 is 2.00 bits per heavy atom. The zero-order chi connectivity index (χ0) is 7.98. The van der Waals surface area contributed by atoms with Crippen LogP contribution in [0.15, 0.2) is 12.3 Å². The molecule has 0 unspecified atom stereocenters. The minimum Gasteiger partial charge on any atom is -0.384 e. The lowest BCUT2D eigenvalue weighted by Crippen LogP contribution is -2.28. The number of hydrogen-bond acceptors (Lipinski definition) is 3. The van der Waals surface area contributed by atoms with E-state index in [1.54, 1.807) is 14.2 Å². The summed E-state index contributed by atoms with van der Waals surface area (Å²) in [5.74, 6) is 0. The third-order valence-corrected chi connectivity index (χ3v) is 1.10. The maximum Gasteiger partial charge on any atom is 0.173 e. The van der Waals surface area contributed by atoms with E-state index >= 15 is 0 Å². The fourth-order valence-electron chi connectivity index (χ4n) is 0.520. The van der Waals surface area contributed by atoms with Gasteiger partial charge < -0.3 is 14.8 Å². The Labute approximate surface area is 62.0 Å². The van der Waals surface area contributed by atoms with Crippen molar-refractivity contribution < 1.29 is 9.47 Å². The summed E-state index contributed by atoms with van der Waals surface area (Å²) in [5, 5.41) is 3.00.